The van der Waals surface area contributed by atoms with Crippen LogP contribution in [0.4, 0.5) is 0 Å². The Hall–Kier alpha value is -0.580. The van der Waals surface area contributed by atoms with Crippen LogP contribution in [0.2, 0.25) is 0 Å². The van der Waals surface area contributed by atoms with Crippen LogP contribution in [-0.2, 0) is 6.54 Å². The van der Waals surface area contributed by atoms with Crippen LogP contribution >= 0.6 is 22.6 Å². The summed E-state index contributed by atoms with van der Waals surface area (Å²) in [5.74, 6) is 0. The monoisotopic (exact) mass is 272 g/mol. The summed E-state index contributed by atoms with van der Waals surface area (Å²) < 4.78 is 3.42. The smallest absolute Gasteiger partial charge is 0.140 e. The molecule has 2 rings (SSSR count). The van der Waals surface area contributed by atoms with Crippen molar-refractivity contribution in [2.45, 2.75) is 13.5 Å². The molecular weight excluding hydrogens is 263 g/mol. The van der Waals surface area contributed by atoms with Crippen molar-refractivity contribution in [3.8, 4) is 0 Å². The van der Waals surface area contributed by atoms with Crippen molar-refractivity contribution in [1.82, 2.24) is 9.55 Å². The van der Waals surface area contributed by atoms with E-state index in [1.165, 1.54) is 8.96 Å². The number of pyridine rings is 1. The third-order valence-electron chi connectivity index (χ3n) is 1.95. The summed E-state index contributed by atoms with van der Waals surface area (Å²) in [6, 6.07) is 4.15. The molecule has 0 aromatic carbocycles. The lowest BCUT2D eigenvalue weighted by Crippen LogP contribution is -1.92. The average molecular weight is 272 g/mol. The fourth-order valence-corrected chi connectivity index (χ4v) is 1.89. The van der Waals surface area contributed by atoms with E-state index in [4.69, 9.17) is 0 Å². The summed E-state index contributed by atoms with van der Waals surface area (Å²) in [5, 5.41) is 1.25. The van der Waals surface area contributed by atoms with Crippen molar-refractivity contribution in [1.29, 1.82) is 0 Å². The lowest BCUT2D eigenvalue weighted by atomic mass is 10.3. The van der Waals surface area contributed by atoms with Gasteiger partial charge in [-0.25, -0.2) is 4.98 Å². The zero-order valence-corrected chi connectivity index (χ0v) is 8.95. The van der Waals surface area contributed by atoms with Crippen LogP contribution < -0.4 is 0 Å². The first-order valence-corrected chi connectivity index (χ1v) is 5.00. The van der Waals surface area contributed by atoms with Crippen LogP contribution in [0.1, 0.15) is 6.92 Å². The Bertz CT molecular complexity index is 406. The molecule has 62 valence electrons. The second-order valence-electron chi connectivity index (χ2n) is 2.63. The van der Waals surface area contributed by atoms with Gasteiger partial charge in [-0.1, -0.05) is 0 Å². The molecule has 2 aromatic heterocycles. The third-order valence-corrected chi connectivity index (χ3v) is 2.89. The van der Waals surface area contributed by atoms with Crippen molar-refractivity contribution < 1.29 is 0 Å². The summed E-state index contributed by atoms with van der Waals surface area (Å²) >= 11 is 2.33. The number of hydrogen-bond donors (Lipinski definition) is 0. The van der Waals surface area contributed by atoms with E-state index in [9.17, 15) is 0 Å². The van der Waals surface area contributed by atoms with Gasteiger partial charge in [-0.15, -0.1) is 0 Å². The first kappa shape index (κ1) is 8.04. The molecule has 0 saturated heterocycles. The Morgan fingerprint density at radius 3 is 3.08 bits per heavy atom. The maximum atomic E-state index is 4.33. The van der Waals surface area contributed by atoms with Gasteiger partial charge in [-0.3, -0.25) is 0 Å². The van der Waals surface area contributed by atoms with Gasteiger partial charge in [0, 0.05) is 27.9 Å². The van der Waals surface area contributed by atoms with E-state index in [1.54, 1.807) is 0 Å². The highest BCUT2D eigenvalue weighted by Gasteiger charge is 2.02. The maximum absolute atomic E-state index is 4.33. The lowest BCUT2D eigenvalue weighted by Gasteiger charge is -1.98. The minimum atomic E-state index is 0.983. The van der Waals surface area contributed by atoms with E-state index in [0.717, 1.165) is 12.2 Å². The largest absolute Gasteiger partial charge is 0.333 e. The molecule has 0 bridgehead atoms. The molecule has 3 heteroatoms. The van der Waals surface area contributed by atoms with Crippen molar-refractivity contribution in [2.24, 2.45) is 0 Å². The minimum Gasteiger partial charge on any atom is -0.333 e. The first-order chi connectivity index (χ1) is 5.83. The highest BCUT2D eigenvalue weighted by Crippen LogP contribution is 2.19. The molecule has 0 aliphatic heterocycles. The predicted octanol–water partition coefficient (Wildman–Crippen LogP) is 2.66. The van der Waals surface area contributed by atoms with Gasteiger partial charge in [-0.2, -0.15) is 0 Å². The van der Waals surface area contributed by atoms with Crippen LogP contribution in [-0.4, -0.2) is 9.55 Å². The molecule has 2 heterocycles. The number of hydrogen-bond acceptors (Lipinski definition) is 1. The van der Waals surface area contributed by atoms with Crippen LogP contribution in [0, 0.1) is 3.57 Å². The van der Waals surface area contributed by atoms with Crippen LogP contribution in [0.5, 0.6) is 0 Å². The number of halogens is 1. The van der Waals surface area contributed by atoms with Gasteiger partial charge < -0.3 is 4.57 Å². The summed E-state index contributed by atoms with van der Waals surface area (Å²) in [6.45, 7) is 3.11. The molecule has 0 spiro atoms. The zero-order chi connectivity index (χ0) is 8.55. The quantitative estimate of drug-likeness (QED) is 0.730. The highest BCUT2D eigenvalue weighted by atomic mass is 127. The van der Waals surface area contributed by atoms with Crippen LogP contribution in [0.25, 0.3) is 11.0 Å². The zero-order valence-electron chi connectivity index (χ0n) is 6.79. The molecular formula is C9H9IN2. The fraction of sp³-hybridized carbons (Fsp3) is 0.222. The molecule has 2 aromatic rings. The van der Waals surface area contributed by atoms with Gasteiger partial charge in [0.2, 0.25) is 0 Å². The summed E-state index contributed by atoms with van der Waals surface area (Å²) in [5.41, 5.74) is 1.09. The first-order valence-electron chi connectivity index (χ1n) is 3.92. The van der Waals surface area contributed by atoms with Gasteiger partial charge in [0.05, 0.1) is 0 Å². The van der Waals surface area contributed by atoms with E-state index in [0.29, 0.717) is 0 Å². The van der Waals surface area contributed by atoms with Crippen molar-refractivity contribution in [2.75, 3.05) is 0 Å². The van der Waals surface area contributed by atoms with Gasteiger partial charge in [0.25, 0.3) is 0 Å². The molecule has 0 amide bonds. The maximum Gasteiger partial charge on any atom is 0.140 e. The second-order valence-corrected chi connectivity index (χ2v) is 3.79. The normalized spacial score (nSPS) is 10.8. The van der Waals surface area contributed by atoms with Gasteiger partial charge in [-0.05, 0) is 41.6 Å². The molecule has 0 unspecified atom stereocenters. The Labute approximate surface area is 84.7 Å². The fourth-order valence-electron chi connectivity index (χ4n) is 1.31. The highest BCUT2D eigenvalue weighted by molar-refractivity contribution is 14.1. The van der Waals surface area contributed by atoms with Crippen molar-refractivity contribution in [3.63, 3.8) is 0 Å². The molecule has 0 aliphatic carbocycles. The lowest BCUT2D eigenvalue weighted by molar-refractivity contribution is 0.787. The van der Waals surface area contributed by atoms with Gasteiger partial charge >= 0.3 is 0 Å². The van der Waals surface area contributed by atoms with Gasteiger partial charge in [0.15, 0.2) is 0 Å². The van der Waals surface area contributed by atoms with Crippen molar-refractivity contribution >= 4 is 33.6 Å². The SMILES string of the molecule is CCn1ccc2c(I)ccnc21. The van der Waals surface area contributed by atoms with Crippen LogP contribution in [0.15, 0.2) is 24.5 Å². The Morgan fingerprint density at radius 1 is 1.50 bits per heavy atom. The molecule has 0 radical (unpaired) electrons. The third kappa shape index (κ3) is 1.12. The van der Waals surface area contributed by atoms with E-state index < -0.39 is 0 Å². The number of rotatable bonds is 1. The molecule has 2 nitrogen and oxygen atoms in total. The standard InChI is InChI=1S/C9H9IN2/c1-2-12-6-4-7-8(10)3-5-11-9(7)12/h3-6H,2H2,1H3. The van der Waals surface area contributed by atoms with Crippen LogP contribution in [0.3, 0.4) is 0 Å². The molecule has 0 N–H and O–H groups in total. The molecule has 0 fully saturated rings. The topological polar surface area (TPSA) is 17.8 Å². The number of aryl methyl sites for hydroxylation is 1. The Morgan fingerprint density at radius 2 is 2.33 bits per heavy atom. The second kappa shape index (κ2) is 3.05. The Kier molecular flexibility index (Phi) is 2.04. The summed E-state index contributed by atoms with van der Waals surface area (Å²) in [6.07, 6.45) is 3.94. The number of aromatic nitrogens is 2. The number of nitrogens with zero attached hydrogens (tertiary/aromatic N) is 2. The van der Waals surface area contributed by atoms with Crippen molar-refractivity contribution in [3.05, 3.63) is 28.1 Å². The summed E-state index contributed by atoms with van der Waals surface area (Å²) in [7, 11) is 0. The van der Waals surface area contributed by atoms with E-state index in [2.05, 4.69) is 51.3 Å². The summed E-state index contributed by atoms with van der Waals surface area (Å²) in [4.78, 5) is 4.33. The van der Waals surface area contributed by atoms with E-state index >= 15 is 0 Å². The Balaban J connectivity index is 2.80. The molecule has 0 atom stereocenters. The predicted molar refractivity (Wildman–Crippen MR) is 58.1 cm³/mol. The van der Waals surface area contributed by atoms with Gasteiger partial charge in [0.1, 0.15) is 5.65 Å². The molecule has 0 aliphatic rings. The average Bonchev–Trinajstić information content (AvgIpc) is 2.49. The molecule has 0 saturated carbocycles. The minimum absolute atomic E-state index is 0.983. The van der Waals surface area contributed by atoms with E-state index in [1.807, 2.05) is 12.3 Å². The molecule has 12 heavy (non-hydrogen) atoms. The van der Waals surface area contributed by atoms with E-state index in [-0.39, 0.29) is 0 Å². The number of fused-ring (bicyclic) bond motifs is 1.